The number of fused-ring (bicyclic) bond motifs is 1. The van der Waals surface area contributed by atoms with Crippen LogP contribution in [0.3, 0.4) is 0 Å². The molecule has 1 aliphatic rings. The Kier molecular flexibility index (Phi) is 4.58. The van der Waals surface area contributed by atoms with Gasteiger partial charge in [0.1, 0.15) is 0 Å². The van der Waals surface area contributed by atoms with Crippen molar-refractivity contribution >= 4 is 17.1 Å². The van der Waals surface area contributed by atoms with Crippen LogP contribution >= 0.6 is 0 Å². The van der Waals surface area contributed by atoms with Crippen molar-refractivity contribution in [2.45, 2.75) is 59.5 Å². The Bertz CT molecular complexity index is 963. The molecule has 2 unspecified atom stereocenters. The number of hydrogen-bond acceptors (Lipinski definition) is 4. The van der Waals surface area contributed by atoms with Crippen molar-refractivity contribution < 1.29 is 0 Å². The second-order valence-electron chi connectivity index (χ2n) is 8.72. The molecule has 0 aromatic carbocycles. The molecule has 2 aromatic rings. The van der Waals surface area contributed by atoms with Crippen molar-refractivity contribution in [2.24, 2.45) is 18.4 Å². The summed E-state index contributed by atoms with van der Waals surface area (Å²) in [5, 5.41) is 3.55. The van der Waals surface area contributed by atoms with Crippen molar-refractivity contribution in [3.63, 3.8) is 0 Å². The maximum absolute atomic E-state index is 12.4. The minimum atomic E-state index is -0.457. The minimum Gasteiger partial charge on any atom is -0.353 e. The van der Waals surface area contributed by atoms with E-state index in [1.54, 1.807) is 7.05 Å². The molecule has 0 saturated heterocycles. The van der Waals surface area contributed by atoms with Crippen LogP contribution in [-0.2, 0) is 13.6 Å². The average Bonchev–Trinajstić information content (AvgIpc) is 2.81. The zero-order valence-electron chi connectivity index (χ0n) is 16.3. The van der Waals surface area contributed by atoms with E-state index < -0.39 is 11.2 Å². The van der Waals surface area contributed by atoms with Gasteiger partial charge in [-0.25, -0.2) is 4.79 Å². The van der Waals surface area contributed by atoms with Crippen LogP contribution in [0.5, 0.6) is 0 Å². The maximum atomic E-state index is 12.4. The van der Waals surface area contributed by atoms with E-state index in [9.17, 15) is 9.59 Å². The summed E-state index contributed by atoms with van der Waals surface area (Å²) in [6.45, 7) is 13.2. The first kappa shape index (κ1) is 18.5. The summed E-state index contributed by atoms with van der Waals surface area (Å²) in [5.74, 6) is 1.26. The third-order valence-electron chi connectivity index (χ3n) is 5.16. The smallest absolute Gasteiger partial charge is 0.329 e. The van der Waals surface area contributed by atoms with Crippen LogP contribution in [0.15, 0.2) is 21.7 Å². The molecule has 1 saturated carbocycles. The molecule has 2 heterocycles. The quantitative estimate of drug-likeness (QED) is 0.822. The first-order valence-corrected chi connectivity index (χ1v) is 9.18. The van der Waals surface area contributed by atoms with E-state index in [4.69, 9.17) is 0 Å². The van der Waals surface area contributed by atoms with Crippen LogP contribution in [0.2, 0.25) is 0 Å². The van der Waals surface area contributed by atoms with Gasteiger partial charge in [-0.2, -0.15) is 4.98 Å². The summed E-state index contributed by atoms with van der Waals surface area (Å²) in [4.78, 5) is 31.3. The van der Waals surface area contributed by atoms with E-state index in [0.717, 1.165) is 18.4 Å². The lowest BCUT2D eigenvalue weighted by Gasteiger charge is -2.39. The number of aryl methyl sites for hydroxylation is 1. The van der Waals surface area contributed by atoms with Crippen LogP contribution in [-0.4, -0.2) is 25.1 Å². The SMILES string of the molecule is C=C(C)Cn1c(NC2CC(C)CC(C)(C)C2)nc2c1c(=O)[nH]c(=O)n2C. The Morgan fingerprint density at radius 2 is 2.08 bits per heavy atom. The van der Waals surface area contributed by atoms with Gasteiger partial charge >= 0.3 is 5.69 Å². The zero-order chi connectivity index (χ0) is 19.2. The molecule has 0 aliphatic heterocycles. The van der Waals surface area contributed by atoms with Gasteiger partial charge in [0.2, 0.25) is 5.95 Å². The Hall–Kier alpha value is -2.31. The number of allylic oxidation sites excluding steroid dienone is 1. The lowest BCUT2D eigenvalue weighted by atomic mass is 9.71. The molecule has 0 spiro atoms. The summed E-state index contributed by atoms with van der Waals surface area (Å²) in [7, 11) is 1.62. The molecule has 7 heteroatoms. The van der Waals surface area contributed by atoms with Gasteiger partial charge in [-0.1, -0.05) is 32.9 Å². The van der Waals surface area contributed by atoms with E-state index in [2.05, 4.69) is 42.6 Å². The summed E-state index contributed by atoms with van der Waals surface area (Å²) in [6.07, 6.45) is 3.32. The standard InChI is InChI=1S/C19H29N5O2/c1-11(2)10-24-14-15(23(6)18(26)22-16(14)25)21-17(24)20-13-7-12(3)8-19(4,5)9-13/h12-13H,1,7-10H2,2-6H3,(H,20,21)(H,22,25,26). The highest BCUT2D eigenvalue weighted by Crippen LogP contribution is 2.39. The van der Waals surface area contributed by atoms with Crippen molar-refractivity contribution in [3.05, 3.63) is 33.0 Å². The largest absolute Gasteiger partial charge is 0.353 e. The second-order valence-corrected chi connectivity index (χ2v) is 8.72. The van der Waals surface area contributed by atoms with Crippen LogP contribution in [0.1, 0.15) is 47.0 Å². The molecular formula is C19H29N5O2. The summed E-state index contributed by atoms with van der Waals surface area (Å²) in [6, 6.07) is 0.283. The predicted octanol–water partition coefficient (Wildman–Crippen LogP) is 2.63. The van der Waals surface area contributed by atoms with E-state index in [-0.39, 0.29) is 11.5 Å². The van der Waals surface area contributed by atoms with Crippen molar-refractivity contribution in [3.8, 4) is 0 Å². The van der Waals surface area contributed by atoms with E-state index in [0.29, 0.717) is 29.6 Å². The Labute approximate surface area is 153 Å². The zero-order valence-corrected chi connectivity index (χ0v) is 16.3. The molecule has 3 rings (SSSR count). The van der Waals surface area contributed by atoms with Crippen LogP contribution < -0.4 is 16.6 Å². The van der Waals surface area contributed by atoms with Gasteiger partial charge in [-0.05, 0) is 37.5 Å². The van der Waals surface area contributed by atoms with Gasteiger partial charge in [0.05, 0.1) is 0 Å². The molecule has 1 aliphatic carbocycles. The molecule has 2 atom stereocenters. The number of nitrogens with zero attached hydrogens (tertiary/aromatic N) is 3. The highest BCUT2D eigenvalue weighted by molar-refractivity contribution is 5.74. The molecule has 2 N–H and O–H groups in total. The number of imidazole rings is 1. The van der Waals surface area contributed by atoms with Crippen molar-refractivity contribution in [1.29, 1.82) is 0 Å². The predicted molar refractivity (Wildman–Crippen MR) is 105 cm³/mol. The van der Waals surface area contributed by atoms with Crippen LogP contribution in [0.25, 0.3) is 11.2 Å². The van der Waals surface area contributed by atoms with Crippen LogP contribution in [0.4, 0.5) is 5.95 Å². The topological polar surface area (TPSA) is 84.7 Å². The van der Waals surface area contributed by atoms with Gasteiger partial charge < -0.3 is 9.88 Å². The van der Waals surface area contributed by atoms with Gasteiger partial charge in [0, 0.05) is 19.6 Å². The third-order valence-corrected chi connectivity index (χ3v) is 5.16. The van der Waals surface area contributed by atoms with Gasteiger partial charge in [-0.15, -0.1) is 0 Å². The first-order valence-electron chi connectivity index (χ1n) is 9.18. The summed E-state index contributed by atoms with van der Waals surface area (Å²) < 4.78 is 3.21. The summed E-state index contributed by atoms with van der Waals surface area (Å²) >= 11 is 0. The fraction of sp³-hybridized carbons (Fsp3) is 0.632. The fourth-order valence-electron chi connectivity index (χ4n) is 4.41. The Balaban J connectivity index is 2.09. The van der Waals surface area contributed by atoms with Crippen molar-refractivity contribution in [2.75, 3.05) is 5.32 Å². The molecule has 0 bridgehead atoms. The lowest BCUT2D eigenvalue weighted by Crippen LogP contribution is -2.36. The van der Waals surface area contributed by atoms with Gasteiger partial charge in [0.15, 0.2) is 11.2 Å². The minimum absolute atomic E-state index is 0.269. The second kappa shape index (κ2) is 6.45. The maximum Gasteiger partial charge on any atom is 0.329 e. The molecular weight excluding hydrogens is 330 g/mol. The Morgan fingerprint density at radius 3 is 2.69 bits per heavy atom. The molecule has 1 fully saturated rings. The highest BCUT2D eigenvalue weighted by atomic mass is 16.2. The third kappa shape index (κ3) is 3.48. The van der Waals surface area contributed by atoms with Crippen LogP contribution in [0, 0.1) is 11.3 Å². The van der Waals surface area contributed by atoms with E-state index >= 15 is 0 Å². The lowest BCUT2D eigenvalue weighted by molar-refractivity contribution is 0.177. The average molecular weight is 359 g/mol. The number of anilines is 1. The number of rotatable bonds is 4. The molecule has 0 radical (unpaired) electrons. The molecule has 7 nitrogen and oxygen atoms in total. The summed E-state index contributed by atoms with van der Waals surface area (Å²) in [5.41, 5.74) is 1.11. The first-order chi connectivity index (χ1) is 12.1. The van der Waals surface area contributed by atoms with Gasteiger partial charge in [0.25, 0.3) is 5.56 Å². The van der Waals surface area contributed by atoms with Gasteiger partial charge in [-0.3, -0.25) is 14.3 Å². The number of aromatic amines is 1. The normalized spacial score (nSPS) is 22.5. The Morgan fingerprint density at radius 1 is 1.38 bits per heavy atom. The van der Waals surface area contributed by atoms with E-state index in [1.807, 2.05) is 11.5 Å². The number of H-pyrrole nitrogens is 1. The highest BCUT2D eigenvalue weighted by Gasteiger charge is 2.33. The monoisotopic (exact) mass is 359 g/mol. The molecule has 0 amide bonds. The number of hydrogen-bond donors (Lipinski definition) is 2. The van der Waals surface area contributed by atoms with Crippen molar-refractivity contribution in [1.82, 2.24) is 19.1 Å². The molecule has 2 aromatic heterocycles. The number of aromatic nitrogens is 4. The molecule has 142 valence electrons. The number of nitrogens with one attached hydrogen (secondary N) is 2. The fourth-order valence-corrected chi connectivity index (χ4v) is 4.41. The van der Waals surface area contributed by atoms with E-state index in [1.165, 1.54) is 11.0 Å². The molecule has 26 heavy (non-hydrogen) atoms.